The highest BCUT2D eigenvalue weighted by Crippen LogP contribution is 2.05. The molecule has 4 heteroatoms. The lowest BCUT2D eigenvalue weighted by Gasteiger charge is -2.19. The van der Waals surface area contributed by atoms with Crippen LogP contribution < -0.4 is 0 Å². The molecule has 1 unspecified atom stereocenters. The van der Waals surface area contributed by atoms with Gasteiger partial charge in [-0.05, 0) is 27.7 Å². The number of hydrogen-bond acceptors (Lipinski definition) is 4. The minimum Gasteiger partial charge on any atom is -0.462 e. The van der Waals surface area contributed by atoms with E-state index in [0.717, 1.165) is 0 Å². The van der Waals surface area contributed by atoms with E-state index >= 15 is 0 Å². The molecule has 0 fully saturated rings. The van der Waals surface area contributed by atoms with E-state index in [1.165, 1.54) is 0 Å². The van der Waals surface area contributed by atoms with Crippen molar-refractivity contribution in [3.05, 3.63) is 0 Å². The predicted octanol–water partition coefficient (Wildman–Crippen LogP) is 1.66. The van der Waals surface area contributed by atoms with Crippen LogP contribution in [0.3, 0.4) is 0 Å². The Bertz CT molecular complexity index is 161. The third kappa shape index (κ3) is 8.12. The predicted molar refractivity (Wildman–Crippen MR) is 55.1 cm³/mol. The normalized spacial score (nSPS) is 13.9. The Hall–Kier alpha value is -0.220. The van der Waals surface area contributed by atoms with Crippen LogP contribution in [0.5, 0.6) is 0 Å². The first kappa shape index (κ1) is 12.8. The zero-order chi connectivity index (χ0) is 10.5. The Morgan fingerprint density at radius 1 is 1.38 bits per heavy atom. The topological polar surface area (TPSA) is 35.5 Å². The smallest absolute Gasteiger partial charge is 0.318 e. The number of esters is 1. The molecule has 13 heavy (non-hydrogen) atoms. The van der Waals surface area contributed by atoms with Gasteiger partial charge < -0.3 is 9.47 Å². The number of ether oxygens (including phenoxy) is 2. The molecule has 0 spiro atoms. The van der Waals surface area contributed by atoms with Crippen LogP contribution in [0.4, 0.5) is 0 Å². The maximum atomic E-state index is 10.9. The van der Waals surface area contributed by atoms with E-state index in [2.05, 4.69) is 12.6 Å². The molecule has 0 aliphatic carbocycles. The third-order valence-corrected chi connectivity index (χ3v) is 1.41. The van der Waals surface area contributed by atoms with Crippen molar-refractivity contribution in [3.63, 3.8) is 0 Å². The zero-order valence-corrected chi connectivity index (χ0v) is 9.56. The Labute approximate surface area is 85.2 Å². The van der Waals surface area contributed by atoms with Gasteiger partial charge in [-0.1, -0.05) is 0 Å². The van der Waals surface area contributed by atoms with Gasteiger partial charge >= 0.3 is 5.97 Å². The zero-order valence-electron chi connectivity index (χ0n) is 8.66. The van der Waals surface area contributed by atoms with E-state index in [-0.39, 0.29) is 16.8 Å². The first-order valence-corrected chi connectivity index (χ1v) is 4.83. The molecule has 0 aliphatic rings. The Morgan fingerprint density at radius 3 is 2.31 bits per heavy atom. The van der Waals surface area contributed by atoms with Gasteiger partial charge in [-0.15, -0.1) is 0 Å². The molecule has 0 aromatic carbocycles. The first-order chi connectivity index (χ1) is 5.83. The van der Waals surface area contributed by atoms with Crippen LogP contribution in [-0.2, 0) is 14.3 Å². The number of rotatable bonds is 4. The third-order valence-electron chi connectivity index (χ3n) is 1.20. The van der Waals surface area contributed by atoms with Crippen LogP contribution in [0.2, 0.25) is 0 Å². The molecular formula is C9H18O3S. The summed E-state index contributed by atoms with van der Waals surface area (Å²) in [6, 6.07) is 0. The van der Waals surface area contributed by atoms with Gasteiger partial charge in [-0.3, -0.25) is 4.79 Å². The fourth-order valence-corrected chi connectivity index (χ4v) is 0.685. The van der Waals surface area contributed by atoms with Crippen molar-refractivity contribution < 1.29 is 14.3 Å². The Balaban J connectivity index is 3.42. The molecule has 0 bridgehead atoms. The highest BCUT2D eigenvalue weighted by atomic mass is 32.1. The Morgan fingerprint density at radius 2 is 1.92 bits per heavy atom. The van der Waals surface area contributed by atoms with Crippen molar-refractivity contribution in [2.75, 3.05) is 13.2 Å². The number of carbonyl (C=O) groups is 1. The molecule has 0 radical (unpaired) electrons. The summed E-state index contributed by atoms with van der Waals surface area (Å²) in [6.45, 7) is 8.26. The molecule has 78 valence electrons. The molecule has 0 saturated heterocycles. The fraction of sp³-hybridized carbons (Fsp3) is 0.889. The van der Waals surface area contributed by atoms with Crippen LogP contribution in [-0.4, -0.2) is 30.0 Å². The molecule has 0 rings (SSSR count). The van der Waals surface area contributed by atoms with Crippen molar-refractivity contribution in [1.29, 1.82) is 0 Å². The van der Waals surface area contributed by atoms with Crippen LogP contribution in [0, 0.1) is 0 Å². The molecule has 0 amide bonds. The van der Waals surface area contributed by atoms with E-state index in [9.17, 15) is 4.79 Å². The number of hydrogen-bond donors (Lipinski definition) is 1. The van der Waals surface area contributed by atoms with Gasteiger partial charge in [0.25, 0.3) is 0 Å². The summed E-state index contributed by atoms with van der Waals surface area (Å²) in [4.78, 5) is 10.9. The van der Waals surface area contributed by atoms with Crippen molar-refractivity contribution in [2.24, 2.45) is 0 Å². The van der Waals surface area contributed by atoms with Crippen LogP contribution in [0.15, 0.2) is 0 Å². The lowest BCUT2D eigenvalue weighted by atomic mass is 10.2. The van der Waals surface area contributed by atoms with Crippen LogP contribution in [0.25, 0.3) is 0 Å². The molecule has 1 atom stereocenters. The van der Waals surface area contributed by atoms with Crippen LogP contribution in [0.1, 0.15) is 27.7 Å². The molecule has 0 aromatic heterocycles. The lowest BCUT2D eigenvalue weighted by molar-refractivity contribution is -0.145. The summed E-state index contributed by atoms with van der Waals surface area (Å²) >= 11 is 3.94. The van der Waals surface area contributed by atoms with Gasteiger partial charge in [-0.25, -0.2) is 0 Å². The second-order valence-electron chi connectivity index (χ2n) is 3.80. The summed E-state index contributed by atoms with van der Waals surface area (Å²) in [5.41, 5.74) is -0.182. The van der Waals surface area contributed by atoms with Crippen molar-refractivity contribution >= 4 is 18.6 Å². The minimum absolute atomic E-state index is 0.182. The van der Waals surface area contributed by atoms with Crippen LogP contribution >= 0.6 is 12.6 Å². The Kier molecular flexibility index (Phi) is 5.40. The van der Waals surface area contributed by atoms with E-state index < -0.39 is 0 Å². The van der Waals surface area contributed by atoms with E-state index in [1.54, 1.807) is 6.92 Å². The number of thiol groups is 1. The van der Waals surface area contributed by atoms with E-state index in [1.807, 2.05) is 20.8 Å². The average molecular weight is 206 g/mol. The molecule has 0 aromatic rings. The number of carbonyl (C=O) groups excluding carboxylic acids is 1. The molecule has 0 aliphatic heterocycles. The van der Waals surface area contributed by atoms with Gasteiger partial charge in [0, 0.05) is 0 Å². The summed E-state index contributed by atoms with van der Waals surface area (Å²) in [6.07, 6.45) is 0. The highest BCUT2D eigenvalue weighted by molar-refractivity contribution is 7.81. The molecule has 3 nitrogen and oxygen atoms in total. The molecule has 0 saturated carbocycles. The average Bonchev–Trinajstić information content (AvgIpc) is 1.95. The van der Waals surface area contributed by atoms with E-state index in [4.69, 9.17) is 9.47 Å². The summed E-state index contributed by atoms with van der Waals surface area (Å²) in [7, 11) is 0. The monoisotopic (exact) mass is 206 g/mol. The maximum absolute atomic E-state index is 10.9. The van der Waals surface area contributed by atoms with Crippen molar-refractivity contribution in [2.45, 2.75) is 38.5 Å². The SMILES string of the molecule is CC(S)C(=O)OCCOC(C)(C)C. The molecule has 0 N–H and O–H groups in total. The first-order valence-electron chi connectivity index (χ1n) is 4.31. The van der Waals surface area contributed by atoms with Gasteiger partial charge in [0.1, 0.15) is 6.61 Å². The summed E-state index contributed by atoms with van der Waals surface area (Å²) in [5, 5.41) is -0.366. The summed E-state index contributed by atoms with van der Waals surface area (Å²) < 4.78 is 10.2. The summed E-state index contributed by atoms with van der Waals surface area (Å²) in [5.74, 6) is -0.305. The second-order valence-corrected chi connectivity index (χ2v) is 4.58. The molecular weight excluding hydrogens is 188 g/mol. The van der Waals surface area contributed by atoms with Gasteiger partial charge in [-0.2, -0.15) is 12.6 Å². The standard InChI is InChI=1S/C9H18O3S/c1-7(13)8(10)11-5-6-12-9(2,3)4/h7,13H,5-6H2,1-4H3. The lowest BCUT2D eigenvalue weighted by Crippen LogP contribution is -2.24. The highest BCUT2D eigenvalue weighted by Gasteiger charge is 2.11. The van der Waals surface area contributed by atoms with Crippen molar-refractivity contribution in [3.8, 4) is 0 Å². The molecule has 0 heterocycles. The van der Waals surface area contributed by atoms with Crippen molar-refractivity contribution in [1.82, 2.24) is 0 Å². The van der Waals surface area contributed by atoms with Gasteiger partial charge in [0.05, 0.1) is 17.5 Å². The van der Waals surface area contributed by atoms with Gasteiger partial charge in [0.2, 0.25) is 0 Å². The second kappa shape index (κ2) is 5.50. The van der Waals surface area contributed by atoms with Gasteiger partial charge in [0.15, 0.2) is 0 Å². The fourth-order valence-electron chi connectivity index (χ4n) is 0.611. The maximum Gasteiger partial charge on any atom is 0.318 e. The minimum atomic E-state index is -0.366. The quantitative estimate of drug-likeness (QED) is 0.432. The van der Waals surface area contributed by atoms with E-state index in [0.29, 0.717) is 13.2 Å². The largest absolute Gasteiger partial charge is 0.462 e.